The number of fused-ring (bicyclic) bond motifs is 1. The van der Waals surface area contributed by atoms with Crippen LogP contribution < -0.4 is 4.90 Å². The topological polar surface area (TPSA) is 33.5 Å². The van der Waals surface area contributed by atoms with E-state index in [0.29, 0.717) is 25.3 Å². The second-order valence-corrected chi connectivity index (χ2v) is 4.09. The first-order chi connectivity index (χ1) is 7.13. The first-order valence-corrected chi connectivity index (χ1v) is 4.80. The Morgan fingerprint density at radius 2 is 2.07 bits per heavy atom. The highest BCUT2D eigenvalue weighted by atomic mass is 19.3. The van der Waals surface area contributed by atoms with Crippen molar-refractivity contribution in [2.45, 2.75) is 5.92 Å². The lowest BCUT2D eigenvalue weighted by Crippen LogP contribution is -2.26. The third-order valence-corrected chi connectivity index (χ3v) is 3.24. The molecule has 5 heteroatoms. The zero-order chi connectivity index (χ0) is 10.6. The molecule has 1 saturated heterocycles. The maximum Gasteiger partial charge on any atom is 0.258 e. The van der Waals surface area contributed by atoms with Crippen molar-refractivity contribution in [2.24, 2.45) is 11.8 Å². The lowest BCUT2D eigenvalue weighted by Gasteiger charge is -2.18. The van der Waals surface area contributed by atoms with E-state index in [-0.39, 0.29) is 5.76 Å². The molecule has 15 heavy (non-hydrogen) atoms. The molecular weight excluding hydrogens is 204 g/mol. The summed E-state index contributed by atoms with van der Waals surface area (Å²) in [6, 6.07) is 3.19. The molecule has 2 aliphatic rings. The summed E-state index contributed by atoms with van der Waals surface area (Å²) >= 11 is 0. The molecular formula is C10H9F2NO2. The summed E-state index contributed by atoms with van der Waals surface area (Å²) in [5.41, 5.74) is 0. The molecule has 0 radical (unpaired) electrons. The number of anilines is 1. The minimum Gasteiger partial charge on any atom is -0.438 e. The summed E-state index contributed by atoms with van der Waals surface area (Å²) < 4.78 is 30.9. The third-order valence-electron chi connectivity index (χ3n) is 3.24. The van der Waals surface area contributed by atoms with Crippen LogP contribution in [0.1, 0.15) is 10.6 Å². The maximum atomic E-state index is 12.9. The lowest BCUT2D eigenvalue weighted by molar-refractivity contribution is 0.0792. The van der Waals surface area contributed by atoms with Gasteiger partial charge in [0.2, 0.25) is 0 Å². The Morgan fingerprint density at radius 3 is 2.60 bits per heavy atom. The van der Waals surface area contributed by atoms with Crippen LogP contribution >= 0.6 is 0 Å². The van der Waals surface area contributed by atoms with Crippen molar-refractivity contribution in [3.8, 4) is 0 Å². The minimum absolute atomic E-state index is 0.234. The van der Waals surface area contributed by atoms with Gasteiger partial charge in [0, 0.05) is 19.2 Å². The largest absolute Gasteiger partial charge is 0.438 e. The van der Waals surface area contributed by atoms with Gasteiger partial charge in [0.05, 0.1) is 11.8 Å². The van der Waals surface area contributed by atoms with Crippen molar-refractivity contribution in [1.82, 2.24) is 0 Å². The summed E-state index contributed by atoms with van der Waals surface area (Å²) in [7, 11) is 0. The first-order valence-electron chi connectivity index (χ1n) is 4.80. The van der Waals surface area contributed by atoms with Crippen molar-refractivity contribution in [3.05, 3.63) is 17.9 Å². The zero-order valence-corrected chi connectivity index (χ0v) is 7.82. The minimum atomic E-state index is -2.48. The predicted molar refractivity (Wildman–Crippen MR) is 48.2 cm³/mol. The summed E-state index contributed by atoms with van der Waals surface area (Å²) in [5.74, 6) is -2.78. The van der Waals surface area contributed by atoms with Crippen molar-refractivity contribution in [2.75, 3.05) is 18.0 Å². The van der Waals surface area contributed by atoms with Gasteiger partial charge in [-0.1, -0.05) is 0 Å². The Balaban J connectivity index is 1.74. The van der Waals surface area contributed by atoms with Gasteiger partial charge in [-0.15, -0.1) is 0 Å². The average molecular weight is 213 g/mol. The molecule has 2 unspecified atom stereocenters. The number of hydrogen-bond acceptors (Lipinski definition) is 3. The lowest BCUT2D eigenvalue weighted by atomic mass is 10.4. The van der Waals surface area contributed by atoms with Crippen molar-refractivity contribution < 1.29 is 18.0 Å². The third kappa shape index (κ3) is 1.12. The van der Waals surface area contributed by atoms with E-state index in [1.165, 1.54) is 0 Å². The second-order valence-electron chi connectivity index (χ2n) is 4.09. The van der Waals surface area contributed by atoms with Crippen LogP contribution in [0.3, 0.4) is 0 Å². The van der Waals surface area contributed by atoms with Crippen LogP contribution in [0.4, 0.5) is 14.7 Å². The molecule has 3 nitrogen and oxygen atoms in total. The summed E-state index contributed by atoms with van der Waals surface area (Å²) in [6.07, 6.45) is 0.606. The van der Waals surface area contributed by atoms with Gasteiger partial charge < -0.3 is 9.32 Å². The molecule has 2 heterocycles. The molecule has 0 bridgehead atoms. The maximum absolute atomic E-state index is 12.9. The molecule has 1 aromatic rings. The Bertz CT molecular complexity index is 401. The molecule has 3 rings (SSSR count). The number of rotatable bonds is 2. The Kier molecular flexibility index (Phi) is 1.53. The number of alkyl halides is 2. The normalized spacial score (nSPS) is 31.5. The van der Waals surface area contributed by atoms with Gasteiger partial charge in [-0.25, -0.2) is 8.78 Å². The van der Waals surface area contributed by atoms with E-state index < -0.39 is 17.8 Å². The monoisotopic (exact) mass is 213 g/mol. The van der Waals surface area contributed by atoms with Gasteiger partial charge in [-0.05, 0) is 6.07 Å². The highest BCUT2D eigenvalue weighted by Gasteiger charge is 2.71. The number of nitrogens with zero attached hydrogens (tertiary/aromatic N) is 1. The van der Waals surface area contributed by atoms with Gasteiger partial charge in [0.15, 0.2) is 17.9 Å². The summed E-state index contributed by atoms with van der Waals surface area (Å²) in [6.45, 7) is 0.646. The van der Waals surface area contributed by atoms with E-state index in [1.54, 1.807) is 17.0 Å². The molecule has 1 aromatic heterocycles. The standard InChI is InChI=1S/C10H9F2NO2/c11-10(12)7-3-13(4-8(7)10)9-2-1-6(5-14)15-9/h1-2,5,7-8H,3-4H2. The van der Waals surface area contributed by atoms with Gasteiger partial charge >= 0.3 is 0 Å². The molecule has 1 saturated carbocycles. The summed E-state index contributed by atoms with van der Waals surface area (Å²) in [5, 5.41) is 0. The molecule has 1 aliphatic heterocycles. The Labute approximate surface area is 84.7 Å². The number of furan rings is 1. The SMILES string of the molecule is O=Cc1ccc(N2CC3C(C2)C3(F)F)o1. The average Bonchev–Trinajstić information content (AvgIpc) is 2.76. The first kappa shape index (κ1) is 8.88. The van der Waals surface area contributed by atoms with E-state index in [0.717, 1.165) is 0 Å². The fourth-order valence-corrected chi connectivity index (χ4v) is 2.26. The quantitative estimate of drug-likeness (QED) is 0.702. The zero-order valence-electron chi connectivity index (χ0n) is 7.82. The molecule has 0 N–H and O–H groups in total. The van der Waals surface area contributed by atoms with Gasteiger partial charge in [0.1, 0.15) is 0 Å². The van der Waals surface area contributed by atoms with E-state index >= 15 is 0 Å². The highest BCUT2D eigenvalue weighted by molar-refractivity contribution is 5.71. The van der Waals surface area contributed by atoms with Crippen LogP contribution in [0.25, 0.3) is 0 Å². The smallest absolute Gasteiger partial charge is 0.258 e. The van der Waals surface area contributed by atoms with Crippen molar-refractivity contribution in [3.63, 3.8) is 0 Å². The molecule has 0 amide bonds. The van der Waals surface area contributed by atoms with E-state index in [4.69, 9.17) is 4.42 Å². The van der Waals surface area contributed by atoms with Crippen molar-refractivity contribution in [1.29, 1.82) is 0 Å². The van der Waals surface area contributed by atoms with Crippen LogP contribution in [0.5, 0.6) is 0 Å². The molecule has 0 aromatic carbocycles. The molecule has 80 valence electrons. The van der Waals surface area contributed by atoms with Crippen LogP contribution in [0.15, 0.2) is 16.5 Å². The van der Waals surface area contributed by atoms with Crippen LogP contribution in [-0.4, -0.2) is 25.3 Å². The fourth-order valence-electron chi connectivity index (χ4n) is 2.26. The highest BCUT2D eigenvalue weighted by Crippen LogP contribution is 2.59. The number of carbonyl (C=O) groups excluding carboxylic acids is 1. The molecule has 1 aliphatic carbocycles. The Hall–Kier alpha value is -1.39. The molecule has 0 spiro atoms. The van der Waals surface area contributed by atoms with E-state index in [2.05, 4.69) is 0 Å². The predicted octanol–water partition coefficient (Wildman–Crippen LogP) is 1.79. The molecule has 2 fully saturated rings. The number of halogens is 2. The van der Waals surface area contributed by atoms with Crippen LogP contribution in [0, 0.1) is 11.8 Å². The van der Waals surface area contributed by atoms with Crippen LogP contribution in [-0.2, 0) is 0 Å². The van der Waals surface area contributed by atoms with E-state index in [9.17, 15) is 13.6 Å². The second kappa shape index (κ2) is 2.59. The number of piperidine rings is 1. The number of hydrogen-bond donors (Lipinski definition) is 0. The van der Waals surface area contributed by atoms with Gasteiger partial charge in [-0.3, -0.25) is 4.79 Å². The molecule has 2 atom stereocenters. The van der Waals surface area contributed by atoms with Gasteiger partial charge in [0.25, 0.3) is 5.92 Å². The summed E-state index contributed by atoms with van der Waals surface area (Å²) in [4.78, 5) is 12.1. The fraction of sp³-hybridized carbons (Fsp3) is 0.500. The van der Waals surface area contributed by atoms with Gasteiger partial charge in [-0.2, -0.15) is 0 Å². The number of carbonyl (C=O) groups is 1. The van der Waals surface area contributed by atoms with Crippen molar-refractivity contribution >= 4 is 12.2 Å². The van der Waals surface area contributed by atoms with E-state index in [1.807, 2.05) is 0 Å². The number of aldehydes is 1. The Morgan fingerprint density at radius 1 is 1.40 bits per heavy atom. The van der Waals surface area contributed by atoms with Crippen LogP contribution in [0.2, 0.25) is 0 Å².